The Morgan fingerprint density at radius 1 is 1.38 bits per heavy atom. The summed E-state index contributed by atoms with van der Waals surface area (Å²) in [5.41, 5.74) is 0.855. The van der Waals surface area contributed by atoms with Gasteiger partial charge in [-0.25, -0.2) is 0 Å². The minimum absolute atomic E-state index is 0.149. The van der Waals surface area contributed by atoms with Crippen LogP contribution in [0.15, 0.2) is 34.8 Å². The quantitative estimate of drug-likeness (QED) is 0.605. The van der Waals surface area contributed by atoms with E-state index in [4.69, 9.17) is 0 Å². The molecule has 1 heterocycles. The molecule has 0 saturated heterocycles. The first-order valence-corrected chi connectivity index (χ1v) is 8.28. The van der Waals surface area contributed by atoms with Gasteiger partial charge in [0.15, 0.2) is 0 Å². The minimum atomic E-state index is -0.338. The van der Waals surface area contributed by atoms with Crippen LogP contribution in [0.25, 0.3) is 0 Å². The molecule has 1 N–H and O–H groups in total. The molecule has 0 aliphatic rings. The average Bonchev–Trinajstić information content (AvgIpc) is 2.82. The minimum Gasteiger partial charge on any atom is -0.310 e. The highest BCUT2D eigenvalue weighted by molar-refractivity contribution is 9.10. The Morgan fingerprint density at radius 3 is 2.76 bits per heavy atom. The zero-order chi connectivity index (χ0) is 15.4. The normalized spacial score (nSPS) is 12.3. The highest BCUT2D eigenvalue weighted by Gasteiger charge is 2.14. The van der Waals surface area contributed by atoms with E-state index < -0.39 is 0 Å². The van der Waals surface area contributed by atoms with Crippen LogP contribution in [-0.2, 0) is 13.0 Å². The topological polar surface area (TPSA) is 55.2 Å². The van der Waals surface area contributed by atoms with Crippen molar-refractivity contribution in [2.45, 2.75) is 32.9 Å². The molecule has 21 heavy (non-hydrogen) atoms. The van der Waals surface area contributed by atoms with E-state index in [9.17, 15) is 10.1 Å². The highest BCUT2D eigenvalue weighted by Crippen LogP contribution is 2.23. The Bertz CT molecular complexity index is 642. The number of aryl methyl sites for hydroxylation is 1. The van der Waals surface area contributed by atoms with E-state index in [0.717, 1.165) is 10.9 Å². The molecule has 4 nitrogen and oxygen atoms in total. The van der Waals surface area contributed by atoms with Crippen LogP contribution >= 0.6 is 27.3 Å². The molecule has 1 aromatic carbocycles. The lowest BCUT2D eigenvalue weighted by atomic mass is 10.1. The van der Waals surface area contributed by atoms with Crippen molar-refractivity contribution in [3.05, 3.63) is 60.2 Å². The Labute approximate surface area is 136 Å². The molecule has 0 saturated carbocycles. The smallest absolute Gasteiger partial charge is 0.275 e. The fourth-order valence-electron chi connectivity index (χ4n) is 2.11. The first-order chi connectivity index (χ1) is 9.95. The van der Waals surface area contributed by atoms with E-state index in [1.807, 2.05) is 6.07 Å². The number of halogens is 1. The number of nitro benzene ring substituents is 1. The van der Waals surface area contributed by atoms with Crippen LogP contribution in [0, 0.1) is 17.0 Å². The van der Waals surface area contributed by atoms with E-state index in [-0.39, 0.29) is 16.7 Å². The van der Waals surface area contributed by atoms with Gasteiger partial charge in [-0.3, -0.25) is 10.1 Å². The molecule has 1 aromatic heterocycles. The molecule has 112 valence electrons. The Morgan fingerprint density at radius 2 is 2.14 bits per heavy atom. The number of rotatable bonds is 6. The second-order valence-electron chi connectivity index (χ2n) is 5.03. The third kappa shape index (κ3) is 4.62. The predicted molar refractivity (Wildman–Crippen MR) is 89.9 cm³/mol. The molecule has 0 bridgehead atoms. The number of hydrogen-bond donors (Lipinski definition) is 1. The van der Waals surface area contributed by atoms with Crippen LogP contribution in [-0.4, -0.2) is 11.0 Å². The lowest BCUT2D eigenvalue weighted by molar-refractivity contribution is -0.385. The van der Waals surface area contributed by atoms with Gasteiger partial charge >= 0.3 is 0 Å². The van der Waals surface area contributed by atoms with Gasteiger partial charge in [-0.1, -0.05) is 15.9 Å². The summed E-state index contributed by atoms with van der Waals surface area (Å²) < 4.78 is 0.722. The summed E-state index contributed by atoms with van der Waals surface area (Å²) in [7, 11) is 0. The second-order valence-corrected chi connectivity index (χ2v) is 7.32. The Balaban J connectivity index is 1.97. The molecule has 0 amide bonds. The van der Waals surface area contributed by atoms with Crippen LogP contribution < -0.4 is 5.32 Å². The standard InChI is InChI=1S/C15H17BrN2O2S/c1-10(7-14-6-3-11(2)21-14)17-9-12-4-5-13(16)8-15(12)18(19)20/h3-6,8,10,17H,7,9H2,1-2H3. The molecule has 1 unspecified atom stereocenters. The van der Waals surface area contributed by atoms with Gasteiger partial charge < -0.3 is 5.32 Å². The molecule has 6 heteroatoms. The summed E-state index contributed by atoms with van der Waals surface area (Å²) in [6, 6.07) is 9.69. The van der Waals surface area contributed by atoms with Crippen molar-refractivity contribution in [1.82, 2.24) is 5.32 Å². The highest BCUT2D eigenvalue weighted by atomic mass is 79.9. The van der Waals surface area contributed by atoms with Gasteiger partial charge in [0.05, 0.1) is 4.92 Å². The molecule has 0 aliphatic heterocycles. The predicted octanol–water partition coefficient (Wildman–Crippen LogP) is 4.45. The molecular weight excluding hydrogens is 352 g/mol. The maximum absolute atomic E-state index is 11.1. The van der Waals surface area contributed by atoms with Crippen molar-refractivity contribution in [1.29, 1.82) is 0 Å². The summed E-state index contributed by atoms with van der Waals surface area (Å²) in [4.78, 5) is 13.4. The number of thiophene rings is 1. The van der Waals surface area contributed by atoms with E-state index in [1.165, 1.54) is 9.75 Å². The van der Waals surface area contributed by atoms with Crippen LogP contribution in [0.5, 0.6) is 0 Å². The number of nitro groups is 1. The summed E-state index contributed by atoms with van der Waals surface area (Å²) in [5, 5.41) is 14.4. The first kappa shape index (κ1) is 16.1. The lowest BCUT2D eigenvalue weighted by Crippen LogP contribution is -2.27. The Kier molecular flexibility index (Phi) is 5.50. The number of nitrogens with one attached hydrogen (secondary N) is 1. The SMILES string of the molecule is Cc1ccc(CC(C)NCc2ccc(Br)cc2[N+](=O)[O-])s1. The molecule has 0 fully saturated rings. The van der Waals surface area contributed by atoms with Crippen molar-refractivity contribution in [2.24, 2.45) is 0 Å². The van der Waals surface area contributed by atoms with Crippen molar-refractivity contribution in [3.63, 3.8) is 0 Å². The van der Waals surface area contributed by atoms with Crippen LogP contribution in [0.3, 0.4) is 0 Å². The van der Waals surface area contributed by atoms with Gasteiger partial charge in [0.2, 0.25) is 0 Å². The summed E-state index contributed by atoms with van der Waals surface area (Å²) in [6.45, 7) is 4.69. The third-order valence-electron chi connectivity index (χ3n) is 3.19. The molecule has 2 rings (SSSR count). The fraction of sp³-hybridized carbons (Fsp3) is 0.333. The summed E-state index contributed by atoms with van der Waals surface area (Å²) in [5.74, 6) is 0. The Hall–Kier alpha value is -1.24. The third-order valence-corrected chi connectivity index (χ3v) is 4.70. The number of benzene rings is 1. The molecule has 0 aliphatic carbocycles. The molecule has 0 radical (unpaired) electrons. The summed E-state index contributed by atoms with van der Waals surface area (Å²) in [6.07, 6.45) is 0.933. The molecular formula is C15H17BrN2O2S. The van der Waals surface area contributed by atoms with Gasteiger partial charge in [-0.15, -0.1) is 11.3 Å². The number of nitrogens with zero attached hydrogens (tertiary/aromatic N) is 1. The van der Waals surface area contributed by atoms with Crippen LogP contribution in [0.1, 0.15) is 22.2 Å². The van der Waals surface area contributed by atoms with Gasteiger partial charge in [0.25, 0.3) is 5.69 Å². The fourth-order valence-corrected chi connectivity index (χ4v) is 3.48. The molecule has 2 aromatic rings. The van der Waals surface area contributed by atoms with E-state index in [1.54, 1.807) is 23.5 Å². The second kappa shape index (κ2) is 7.15. The van der Waals surface area contributed by atoms with Crippen LogP contribution in [0.4, 0.5) is 5.69 Å². The maximum atomic E-state index is 11.1. The van der Waals surface area contributed by atoms with Crippen molar-refractivity contribution in [2.75, 3.05) is 0 Å². The van der Waals surface area contributed by atoms with Crippen LogP contribution in [0.2, 0.25) is 0 Å². The molecule has 1 atom stereocenters. The summed E-state index contributed by atoms with van der Waals surface area (Å²) >= 11 is 5.06. The number of hydrogen-bond acceptors (Lipinski definition) is 4. The maximum Gasteiger partial charge on any atom is 0.275 e. The first-order valence-electron chi connectivity index (χ1n) is 6.67. The average molecular weight is 369 g/mol. The van der Waals surface area contributed by atoms with E-state index in [0.29, 0.717) is 12.1 Å². The zero-order valence-electron chi connectivity index (χ0n) is 11.9. The largest absolute Gasteiger partial charge is 0.310 e. The van der Waals surface area contributed by atoms with E-state index in [2.05, 4.69) is 47.2 Å². The van der Waals surface area contributed by atoms with Gasteiger partial charge in [0.1, 0.15) is 0 Å². The van der Waals surface area contributed by atoms with Gasteiger partial charge in [-0.05, 0) is 44.5 Å². The zero-order valence-corrected chi connectivity index (χ0v) is 14.3. The van der Waals surface area contributed by atoms with Crippen molar-refractivity contribution < 1.29 is 4.92 Å². The van der Waals surface area contributed by atoms with E-state index >= 15 is 0 Å². The molecule has 0 spiro atoms. The lowest BCUT2D eigenvalue weighted by Gasteiger charge is -2.13. The van der Waals surface area contributed by atoms with Gasteiger partial charge in [-0.2, -0.15) is 0 Å². The monoisotopic (exact) mass is 368 g/mol. The van der Waals surface area contributed by atoms with Gasteiger partial charge in [0, 0.05) is 38.4 Å². The van der Waals surface area contributed by atoms with Crippen molar-refractivity contribution in [3.8, 4) is 0 Å². The van der Waals surface area contributed by atoms with Crippen molar-refractivity contribution >= 4 is 33.0 Å².